The highest BCUT2D eigenvalue weighted by Gasteiger charge is 2.35. The third-order valence-corrected chi connectivity index (χ3v) is 6.97. The van der Waals surface area contributed by atoms with Crippen LogP contribution >= 0.6 is 0 Å². The third kappa shape index (κ3) is 7.95. The molecule has 0 atom stereocenters. The van der Waals surface area contributed by atoms with Crippen LogP contribution in [0.2, 0.25) is 12.1 Å². The van der Waals surface area contributed by atoms with E-state index < -0.39 is 8.56 Å². The maximum Gasteiger partial charge on any atom is 0.338 e. The summed E-state index contributed by atoms with van der Waals surface area (Å²) in [6.45, 7) is 10.7. The molecular weight excluding hydrogens is 228 g/mol. The zero-order chi connectivity index (χ0) is 13.0. The largest absolute Gasteiger partial charge is 0.394 e. The summed E-state index contributed by atoms with van der Waals surface area (Å²) in [4.78, 5) is 0. The van der Waals surface area contributed by atoms with E-state index >= 15 is 0 Å². The first kappa shape index (κ1) is 17.1. The molecule has 0 rings (SSSR count). The van der Waals surface area contributed by atoms with E-state index in [1.54, 1.807) is 0 Å². The molecule has 17 heavy (non-hydrogen) atoms. The molecule has 0 bridgehead atoms. The summed E-state index contributed by atoms with van der Waals surface area (Å²) in [5, 5.41) is 0. The molecule has 0 fully saturated rings. The van der Waals surface area contributed by atoms with Crippen LogP contribution in [0.15, 0.2) is 0 Å². The number of unbranched alkanes of at least 4 members (excludes halogenated alkanes) is 2. The van der Waals surface area contributed by atoms with Crippen LogP contribution in [0, 0.1) is 0 Å². The fraction of sp³-hybridized carbons (Fsp3) is 1.00. The van der Waals surface area contributed by atoms with E-state index in [9.17, 15) is 0 Å². The van der Waals surface area contributed by atoms with Gasteiger partial charge in [0.25, 0.3) is 0 Å². The third-order valence-electron chi connectivity index (χ3n) is 2.99. The molecule has 0 aromatic rings. The predicted octanol–water partition coefficient (Wildman–Crippen LogP) is 4.88. The van der Waals surface area contributed by atoms with E-state index in [0.29, 0.717) is 0 Å². The van der Waals surface area contributed by atoms with E-state index in [1.165, 1.54) is 38.5 Å². The highest BCUT2D eigenvalue weighted by molar-refractivity contribution is 6.67. The number of hydrogen-bond donors (Lipinski definition) is 0. The first-order valence-corrected chi connectivity index (χ1v) is 9.75. The Kier molecular flexibility index (Phi) is 11.3. The van der Waals surface area contributed by atoms with Crippen molar-refractivity contribution in [3.05, 3.63) is 0 Å². The highest BCUT2D eigenvalue weighted by atomic mass is 28.4. The molecule has 104 valence electrons. The number of hydrogen-bond acceptors (Lipinski definition) is 2. The SMILES string of the molecule is CCCCO[Si](CCC)(CCC)OCCCC. The Morgan fingerprint density at radius 1 is 0.647 bits per heavy atom. The summed E-state index contributed by atoms with van der Waals surface area (Å²) >= 11 is 0. The van der Waals surface area contributed by atoms with Crippen LogP contribution in [0.25, 0.3) is 0 Å². The van der Waals surface area contributed by atoms with Gasteiger partial charge >= 0.3 is 8.56 Å². The van der Waals surface area contributed by atoms with Crippen molar-refractivity contribution in [2.45, 2.75) is 78.3 Å². The van der Waals surface area contributed by atoms with Crippen LogP contribution in [0.1, 0.15) is 66.2 Å². The molecule has 0 spiro atoms. The normalized spacial score (nSPS) is 12.0. The van der Waals surface area contributed by atoms with Gasteiger partial charge in [-0.05, 0) is 24.9 Å². The predicted molar refractivity (Wildman–Crippen MR) is 77.7 cm³/mol. The van der Waals surface area contributed by atoms with Gasteiger partial charge in [0.15, 0.2) is 0 Å². The molecule has 0 aliphatic carbocycles. The first-order valence-electron chi connectivity index (χ1n) is 7.52. The average molecular weight is 260 g/mol. The van der Waals surface area contributed by atoms with Crippen LogP contribution in [0.3, 0.4) is 0 Å². The van der Waals surface area contributed by atoms with Gasteiger partial charge in [-0.2, -0.15) is 0 Å². The van der Waals surface area contributed by atoms with Crippen LogP contribution in [0.5, 0.6) is 0 Å². The van der Waals surface area contributed by atoms with Crippen molar-refractivity contribution in [2.75, 3.05) is 13.2 Å². The quantitative estimate of drug-likeness (QED) is 0.368. The van der Waals surface area contributed by atoms with Crippen molar-refractivity contribution in [2.24, 2.45) is 0 Å². The van der Waals surface area contributed by atoms with Gasteiger partial charge < -0.3 is 8.85 Å². The second kappa shape index (κ2) is 11.2. The number of rotatable bonds is 12. The second-order valence-electron chi connectivity index (χ2n) is 4.81. The Balaban J connectivity index is 4.25. The molecule has 0 aliphatic rings. The molecule has 0 N–H and O–H groups in total. The van der Waals surface area contributed by atoms with Gasteiger partial charge in [0.1, 0.15) is 0 Å². The van der Waals surface area contributed by atoms with Crippen molar-refractivity contribution in [3.8, 4) is 0 Å². The van der Waals surface area contributed by atoms with Gasteiger partial charge in [-0.15, -0.1) is 0 Å². The fourth-order valence-corrected chi connectivity index (χ4v) is 5.49. The van der Waals surface area contributed by atoms with Crippen molar-refractivity contribution in [1.82, 2.24) is 0 Å². The summed E-state index contributed by atoms with van der Waals surface area (Å²) in [6.07, 6.45) is 7.11. The summed E-state index contributed by atoms with van der Waals surface area (Å²) in [5.41, 5.74) is 0. The Hall–Kier alpha value is 0.137. The van der Waals surface area contributed by atoms with Gasteiger partial charge in [0.05, 0.1) is 0 Å². The lowest BCUT2D eigenvalue weighted by molar-refractivity contribution is 0.162. The van der Waals surface area contributed by atoms with Gasteiger partial charge in [0, 0.05) is 13.2 Å². The highest BCUT2D eigenvalue weighted by Crippen LogP contribution is 2.23. The summed E-state index contributed by atoms with van der Waals surface area (Å²) < 4.78 is 12.4. The Bertz CT molecular complexity index is 144. The van der Waals surface area contributed by atoms with Crippen LogP contribution in [-0.2, 0) is 8.85 Å². The average Bonchev–Trinajstić information content (AvgIpc) is 2.30. The molecule has 0 aromatic carbocycles. The summed E-state index contributed by atoms with van der Waals surface area (Å²) in [7, 11) is -1.87. The Labute approximate surface area is 109 Å². The van der Waals surface area contributed by atoms with Crippen molar-refractivity contribution in [3.63, 3.8) is 0 Å². The molecule has 0 heterocycles. The van der Waals surface area contributed by atoms with Crippen molar-refractivity contribution in [1.29, 1.82) is 0 Å². The molecular formula is C14H32O2Si. The van der Waals surface area contributed by atoms with E-state index in [-0.39, 0.29) is 0 Å². The molecule has 0 saturated heterocycles. The van der Waals surface area contributed by atoms with E-state index in [4.69, 9.17) is 8.85 Å². The molecule has 3 heteroatoms. The molecule has 0 radical (unpaired) electrons. The monoisotopic (exact) mass is 260 g/mol. The molecule has 0 unspecified atom stereocenters. The minimum Gasteiger partial charge on any atom is -0.394 e. The van der Waals surface area contributed by atoms with Crippen LogP contribution in [0.4, 0.5) is 0 Å². The lowest BCUT2D eigenvalue weighted by atomic mass is 10.4. The van der Waals surface area contributed by atoms with Crippen molar-refractivity contribution >= 4 is 8.56 Å². The van der Waals surface area contributed by atoms with Crippen LogP contribution < -0.4 is 0 Å². The van der Waals surface area contributed by atoms with Gasteiger partial charge in [0.2, 0.25) is 0 Å². The molecule has 0 aliphatic heterocycles. The molecule has 0 aromatic heterocycles. The summed E-state index contributed by atoms with van der Waals surface area (Å²) in [6, 6.07) is 2.32. The fourth-order valence-electron chi connectivity index (χ4n) is 2.02. The minimum absolute atomic E-state index is 0.898. The van der Waals surface area contributed by atoms with Crippen molar-refractivity contribution < 1.29 is 8.85 Å². The molecule has 2 nitrogen and oxygen atoms in total. The van der Waals surface area contributed by atoms with Gasteiger partial charge in [-0.25, -0.2) is 0 Å². The topological polar surface area (TPSA) is 18.5 Å². The molecule has 0 amide bonds. The standard InChI is InChI=1S/C14H32O2Si/c1-5-9-11-15-17(13-7-3,14-8-4)16-12-10-6-2/h5-14H2,1-4H3. The minimum atomic E-state index is -1.87. The lowest BCUT2D eigenvalue weighted by Gasteiger charge is -2.30. The molecule has 0 saturated carbocycles. The maximum absolute atomic E-state index is 6.21. The maximum atomic E-state index is 6.21. The van der Waals surface area contributed by atoms with E-state index in [0.717, 1.165) is 25.3 Å². The first-order chi connectivity index (χ1) is 8.24. The Morgan fingerprint density at radius 2 is 1.06 bits per heavy atom. The van der Waals surface area contributed by atoms with E-state index in [1.807, 2.05) is 0 Å². The van der Waals surface area contributed by atoms with Gasteiger partial charge in [-0.3, -0.25) is 0 Å². The lowest BCUT2D eigenvalue weighted by Crippen LogP contribution is -2.42. The zero-order valence-corrected chi connectivity index (χ0v) is 13.4. The van der Waals surface area contributed by atoms with Gasteiger partial charge in [-0.1, -0.05) is 53.4 Å². The second-order valence-corrected chi connectivity index (χ2v) is 8.21. The van der Waals surface area contributed by atoms with Crippen LogP contribution in [-0.4, -0.2) is 21.8 Å². The zero-order valence-electron chi connectivity index (χ0n) is 12.4. The Morgan fingerprint density at radius 3 is 1.35 bits per heavy atom. The van der Waals surface area contributed by atoms with E-state index in [2.05, 4.69) is 27.7 Å². The summed E-state index contributed by atoms with van der Waals surface area (Å²) in [5.74, 6) is 0. The smallest absolute Gasteiger partial charge is 0.338 e.